The molecular formula is C15H19FN4O. The van der Waals surface area contributed by atoms with Crippen LogP contribution < -0.4 is 10.6 Å². The van der Waals surface area contributed by atoms with Crippen LogP contribution in [0.4, 0.5) is 9.18 Å². The van der Waals surface area contributed by atoms with Crippen LogP contribution in [-0.2, 0) is 6.54 Å². The van der Waals surface area contributed by atoms with Gasteiger partial charge < -0.3 is 10.6 Å². The summed E-state index contributed by atoms with van der Waals surface area (Å²) >= 11 is 0. The van der Waals surface area contributed by atoms with Crippen molar-refractivity contribution >= 4 is 6.03 Å². The number of amides is 2. The molecule has 2 aromatic rings. The van der Waals surface area contributed by atoms with Crippen molar-refractivity contribution in [3.8, 4) is 0 Å². The lowest BCUT2D eigenvalue weighted by molar-refractivity contribution is 0.237. The van der Waals surface area contributed by atoms with Crippen LogP contribution in [0.1, 0.15) is 35.5 Å². The summed E-state index contributed by atoms with van der Waals surface area (Å²) in [7, 11) is 0. The Balaban J connectivity index is 1.88. The van der Waals surface area contributed by atoms with Crippen LogP contribution in [0, 0.1) is 19.7 Å². The minimum atomic E-state index is -0.290. The average Bonchev–Trinajstić information content (AvgIpc) is 2.76. The summed E-state index contributed by atoms with van der Waals surface area (Å²) in [5.41, 5.74) is 3.65. The number of aromatic nitrogens is 2. The van der Waals surface area contributed by atoms with E-state index in [1.54, 1.807) is 12.1 Å². The lowest BCUT2D eigenvalue weighted by Crippen LogP contribution is -2.36. The Labute approximate surface area is 123 Å². The molecule has 0 radical (unpaired) electrons. The average molecular weight is 290 g/mol. The van der Waals surface area contributed by atoms with Crippen molar-refractivity contribution in [1.29, 1.82) is 0 Å². The summed E-state index contributed by atoms with van der Waals surface area (Å²) in [6, 6.07) is 5.60. The van der Waals surface area contributed by atoms with Gasteiger partial charge in [-0.1, -0.05) is 12.1 Å². The second-order valence-corrected chi connectivity index (χ2v) is 5.01. The normalized spacial score (nSPS) is 12.0. The van der Waals surface area contributed by atoms with Gasteiger partial charge in [-0.2, -0.15) is 5.10 Å². The first-order valence-electron chi connectivity index (χ1n) is 6.77. The highest BCUT2D eigenvalue weighted by atomic mass is 19.1. The summed E-state index contributed by atoms with van der Waals surface area (Å²) in [6.07, 6.45) is 0. The Hall–Kier alpha value is -2.37. The summed E-state index contributed by atoms with van der Waals surface area (Å²) in [4.78, 5) is 11.9. The van der Waals surface area contributed by atoms with Gasteiger partial charge in [-0.15, -0.1) is 0 Å². The predicted octanol–water partition coefficient (Wildman–Crippen LogP) is 2.73. The number of hydrogen-bond acceptors (Lipinski definition) is 2. The van der Waals surface area contributed by atoms with Gasteiger partial charge >= 0.3 is 6.03 Å². The molecular weight excluding hydrogens is 271 g/mol. The zero-order valence-corrected chi connectivity index (χ0v) is 12.3. The Kier molecular flexibility index (Phi) is 4.57. The largest absolute Gasteiger partial charge is 0.334 e. The fourth-order valence-electron chi connectivity index (χ4n) is 2.09. The molecule has 1 aromatic carbocycles. The van der Waals surface area contributed by atoms with Crippen molar-refractivity contribution in [3.05, 3.63) is 52.6 Å². The van der Waals surface area contributed by atoms with E-state index in [4.69, 9.17) is 0 Å². The third kappa shape index (κ3) is 3.81. The summed E-state index contributed by atoms with van der Waals surface area (Å²) in [5.74, 6) is -0.290. The van der Waals surface area contributed by atoms with E-state index in [9.17, 15) is 9.18 Å². The molecule has 112 valence electrons. The van der Waals surface area contributed by atoms with E-state index in [-0.39, 0.29) is 17.9 Å². The number of nitrogens with one attached hydrogen (secondary N) is 3. The maximum atomic E-state index is 12.9. The maximum Gasteiger partial charge on any atom is 0.315 e. The molecule has 0 unspecified atom stereocenters. The minimum absolute atomic E-state index is 0.197. The van der Waals surface area contributed by atoms with Crippen molar-refractivity contribution < 1.29 is 9.18 Å². The van der Waals surface area contributed by atoms with Crippen LogP contribution in [0.2, 0.25) is 0 Å². The van der Waals surface area contributed by atoms with Gasteiger partial charge in [0.15, 0.2) is 0 Å². The number of halogens is 1. The molecule has 1 atom stereocenters. The highest BCUT2D eigenvalue weighted by molar-refractivity contribution is 5.74. The quantitative estimate of drug-likeness (QED) is 0.810. The third-order valence-corrected chi connectivity index (χ3v) is 3.42. The van der Waals surface area contributed by atoms with E-state index < -0.39 is 0 Å². The summed E-state index contributed by atoms with van der Waals surface area (Å²) < 4.78 is 12.9. The summed E-state index contributed by atoms with van der Waals surface area (Å²) in [5, 5.41) is 12.6. The number of carbonyl (C=O) groups is 1. The Bertz CT molecular complexity index is 602. The molecule has 2 rings (SSSR count). The number of nitrogens with zero attached hydrogens (tertiary/aromatic N) is 1. The molecule has 1 aromatic heterocycles. The summed E-state index contributed by atoms with van der Waals surface area (Å²) in [6.45, 7) is 6.06. The smallest absolute Gasteiger partial charge is 0.315 e. The maximum absolute atomic E-state index is 12.9. The zero-order chi connectivity index (χ0) is 15.4. The molecule has 1 heterocycles. The van der Waals surface area contributed by atoms with Crippen LogP contribution in [-0.4, -0.2) is 16.2 Å². The fourth-order valence-corrected chi connectivity index (χ4v) is 2.09. The first kappa shape index (κ1) is 15.0. The van der Waals surface area contributed by atoms with Crippen molar-refractivity contribution in [2.45, 2.75) is 33.4 Å². The van der Waals surface area contributed by atoms with Crippen LogP contribution in [0.5, 0.6) is 0 Å². The molecule has 0 saturated heterocycles. The monoisotopic (exact) mass is 290 g/mol. The van der Waals surface area contributed by atoms with Gasteiger partial charge in [-0.25, -0.2) is 9.18 Å². The van der Waals surface area contributed by atoms with Gasteiger partial charge in [0.05, 0.1) is 11.7 Å². The van der Waals surface area contributed by atoms with Gasteiger partial charge in [-0.3, -0.25) is 5.10 Å². The minimum Gasteiger partial charge on any atom is -0.334 e. The molecule has 5 nitrogen and oxygen atoms in total. The van der Waals surface area contributed by atoms with Gasteiger partial charge in [0, 0.05) is 17.8 Å². The number of H-pyrrole nitrogens is 1. The molecule has 0 aliphatic carbocycles. The van der Waals surface area contributed by atoms with E-state index >= 15 is 0 Å². The number of carbonyl (C=O) groups excluding carboxylic acids is 1. The lowest BCUT2D eigenvalue weighted by Gasteiger charge is -2.15. The zero-order valence-electron chi connectivity index (χ0n) is 12.3. The predicted molar refractivity (Wildman–Crippen MR) is 78.2 cm³/mol. The Morgan fingerprint density at radius 3 is 2.57 bits per heavy atom. The van der Waals surface area contributed by atoms with Crippen molar-refractivity contribution in [2.24, 2.45) is 0 Å². The van der Waals surface area contributed by atoms with E-state index in [0.717, 1.165) is 22.5 Å². The lowest BCUT2D eigenvalue weighted by atomic mass is 10.1. The van der Waals surface area contributed by atoms with Crippen LogP contribution in [0.3, 0.4) is 0 Å². The molecule has 3 N–H and O–H groups in total. The standard InChI is InChI=1S/C15H19FN4O/c1-9(12-4-6-13(16)7-5-12)18-15(21)17-8-14-10(2)19-20-11(14)3/h4-7,9H,8H2,1-3H3,(H,19,20)(H2,17,18,21)/t9-/m0/s1. The topological polar surface area (TPSA) is 69.8 Å². The highest BCUT2D eigenvalue weighted by Crippen LogP contribution is 2.13. The van der Waals surface area contributed by atoms with Crippen LogP contribution in [0.15, 0.2) is 24.3 Å². The van der Waals surface area contributed by atoms with Crippen molar-refractivity contribution in [2.75, 3.05) is 0 Å². The molecule has 6 heteroatoms. The molecule has 21 heavy (non-hydrogen) atoms. The van der Waals surface area contributed by atoms with Gasteiger partial charge in [-0.05, 0) is 38.5 Å². The molecule has 0 aliphatic heterocycles. The SMILES string of the molecule is Cc1n[nH]c(C)c1CNC(=O)N[C@@H](C)c1ccc(F)cc1. The second-order valence-electron chi connectivity index (χ2n) is 5.01. The van der Waals surface area contributed by atoms with Gasteiger partial charge in [0.25, 0.3) is 0 Å². The number of aryl methyl sites for hydroxylation is 2. The van der Waals surface area contributed by atoms with E-state index in [2.05, 4.69) is 20.8 Å². The number of urea groups is 1. The molecule has 0 bridgehead atoms. The number of aromatic amines is 1. The van der Waals surface area contributed by atoms with E-state index in [0.29, 0.717) is 6.54 Å². The first-order valence-corrected chi connectivity index (χ1v) is 6.77. The Morgan fingerprint density at radius 1 is 1.33 bits per heavy atom. The van der Waals surface area contributed by atoms with Gasteiger partial charge in [0.1, 0.15) is 5.82 Å². The number of rotatable bonds is 4. The molecule has 0 fully saturated rings. The third-order valence-electron chi connectivity index (χ3n) is 3.42. The van der Waals surface area contributed by atoms with Crippen molar-refractivity contribution in [3.63, 3.8) is 0 Å². The first-order chi connectivity index (χ1) is 9.97. The molecule has 2 amide bonds. The number of hydrogen-bond donors (Lipinski definition) is 3. The van der Waals surface area contributed by atoms with E-state index in [1.165, 1.54) is 12.1 Å². The van der Waals surface area contributed by atoms with Gasteiger partial charge in [0.2, 0.25) is 0 Å². The molecule has 0 saturated carbocycles. The number of benzene rings is 1. The van der Waals surface area contributed by atoms with Crippen molar-refractivity contribution in [1.82, 2.24) is 20.8 Å². The van der Waals surface area contributed by atoms with E-state index in [1.807, 2.05) is 20.8 Å². The van der Waals surface area contributed by atoms with Crippen LogP contribution >= 0.6 is 0 Å². The fraction of sp³-hybridized carbons (Fsp3) is 0.333. The highest BCUT2D eigenvalue weighted by Gasteiger charge is 2.11. The second kappa shape index (κ2) is 6.39. The Morgan fingerprint density at radius 2 is 2.00 bits per heavy atom. The van der Waals surface area contributed by atoms with Crippen LogP contribution in [0.25, 0.3) is 0 Å². The molecule has 0 spiro atoms. The molecule has 0 aliphatic rings.